The van der Waals surface area contributed by atoms with Crippen LogP contribution in [0.3, 0.4) is 0 Å². The molecule has 4 nitrogen and oxygen atoms in total. The van der Waals surface area contributed by atoms with Crippen LogP contribution in [0.15, 0.2) is 9.98 Å². The second kappa shape index (κ2) is 7.64. The second-order valence-electron chi connectivity index (χ2n) is 3.36. The van der Waals surface area contributed by atoms with E-state index in [0.29, 0.717) is 19.3 Å². The lowest BCUT2D eigenvalue weighted by Gasteiger charge is -2.08. The van der Waals surface area contributed by atoms with Crippen LogP contribution in [0.25, 0.3) is 0 Å². The molecule has 82 valence electrons. The number of rotatable bonds is 6. The Balaban J connectivity index is 4.41. The molecule has 0 fully saturated rings. The van der Waals surface area contributed by atoms with Crippen LogP contribution in [-0.2, 0) is 0 Å². The summed E-state index contributed by atoms with van der Waals surface area (Å²) < 4.78 is 0. The van der Waals surface area contributed by atoms with Gasteiger partial charge in [-0.2, -0.15) is 0 Å². The van der Waals surface area contributed by atoms with Crippen molar-refractivity contribution in [1.29, 1.82) is 0 Å². The molecule has 14 heavy (non-hydrogen) atoms. The lowest BCUT2D eigenvalue weighted by molar-refractivity contribution is 0.790. The van der Waals surface area contributed by atoms with Crippen LogP contribution in [0, 0.1) is 0 Å². The standard InChI is InChI=1S/C10H22N4/c1-5-13-10(6-12-7-11)9(4)14-8(2)3/h8,12H,5-7,11H2,1-4H3. The maximum Gasteiger partial charge on any atom is 0.0693 e. The summed E-state index contributed by atoms with van der Waals surface area (Å²) >= 11 is 0. The van der Waals surface area contributed by atoms with Gasteiger partial charge in [0.25, 0.3) is 0 Å². The molecule has 0 amide bonds. The molecule has 0 unspecified atom stereocenters. The van der Waals surface area contributed by atoms with Crippen LogP contribution in [0.4, 0.5) is 0 Å². The van der Waals surface area contributed by atoms with E-state index in [1.54, 1.807) is 0 Å². The van der Waals surface area contributed by atoms with Gasteiger partial charge >= 0.3 is 0 Å². The van der Waals surface area contributed by atoms with E-state index >= 15 is 0 Å². The summed E-state index contributed by atoms with van der Waals surface area (Å²) in [7, 11) is 0. The van der Waals surface area contributed by atoms with E-state index in [-0.39, 0.29) is 0 Å². The van der Waals surface area contributed by atoms with Gasteiger partial charge in [-0.05, 0) is 27.7 Å². The smallest absolute Gasteiger partial charge is 0.0693 e. The SMILES string of the molecule is CCN=C(CNCN)C(C)=NC(C)C. The van der Waals surface area contributed by atoms with Gasteiger partial charge in [-0.15, -0.1) is 0 Å². The minimum atomic E-state index is 0.315. The third-order valence-electron chi connectivity index (χ3n) is 1.66. The molecule has 4 heteroatoms. The number of nitrogens with one attached hydrogen (secondary N) is 1. The quantitative estimate of drug-likeness (QED) is 0.490. The molecule has 0 heterocycles. The lowest BCUT2D eigenvalue weighted by atomic mass is 10.2. The molecule has 0 aliphatic rings. The first-order chi connectivity index (χ1) is 6.61. The molecule has 0 saturated carbocycles. The monoisotopic (exact) mass is 198 g/mol. The van der Waals surface area contributed by atoms with Crippen molar-refractivity contribution < 1.29 is 0 Å². The largest absolute Gasteiger partial charge is 0.318 e. The van der Waals surface area contributed by atoms with Crippen molar-refractivity contribution in [3.05, 3.63) is 0 Å². The summed E-state index contributed by atoms with van der Waals surface area (Å²) in [5.74, 6) is 0. The van der Waals surface area contributed by atoms with E-state index in [2.05, 4.69) is 29.1 Å². The topological polar surface area (TPSA) is 62.8 Å². The molecule has 0 saturated heterocycles. The Bertz CT molecular complexity index is 206. The molecule has 0 aromatic heterocycles. The Labute approximate surface area is 86.7 Å². The third kappa shape index (κ3) is 5.83. The van der Waals surface area contributed by atoms with Crippen molar-refractivity contribution in [3.8, 4) is 0 Å². The lowest BCUT2D eigenvalue weighted by Crippen LogP contribution is -2.32. The molecule has 0 aromatic rings. The number of hydrogen-bond acceptors (Lipinski definition) is 4. The number of hydrogen-bond donors (Lipinski definition) is 2. The van der Waals surface area contributed by atoms with Gasteiger partial charge in [0.15, 0.2) is 0 Å². The normalized spacial score (nSPS) is 13.9. The van der Waals surface area contributed by atoms with Gasteiger partial charge in [-0.3, -0.25) is 15.3 Å². The maximum atomic E-state index is 5.37. The molecular weight excluding hydrogens is 176 g/mol. The summed E-state index contributed by atoms with van der Waals surface area (Å²) in [5.41, 5.74) is 7.38. The van der Waals surface area contributed by atoms with Crippen LogP contribution in [0.2, 0.25) is 0 Å². The Morgan fingerprint density at radius 2 is 2.07 bits per heavy atom. The summed E-state index contributed by atoms with van der Waals surface area (Å²) in [6.07, 6.45) is 0. The zero-order chi connectivity index (χ0) is 11.0. The summed E-state index contributed by atoms with van der Waals surface area (Å²) in [6.45, 7) is 10.1. The van der Waals surface area contributed by atoms with Crippen LogP contribution in [0.5, 0.6) is 0 Å². The molecule has 0 bridgehead atoms. The summed E-state index contributed by atoms with van der Waals surface area (Å²) in [5, 5.41) is 3.05. The summed E-state index contributed by atoms with van der Waals surface area (Å²) in [4.78, 5) is 8.84. The van der Waals surface area contributed by atoms with Crippen LogP contribution < -0.4 is 11.1 Å². The van der Waals surface area contributed by atoms with Crippen LogP contribution >= 0.6 is 0 Å². The van der Waals surface area contributed by atoms with E-state index in [1.165, 1.54) is 0 Å². The van der Waals surface area contributed by atoms with Gasteiger partial charge in [-0.25, -0.2) is 0 Å². The first-order valence-electron chi connectivity index (χ1n) is 5.10. The van der Waals surface area contributed by atoms with E-state index in [4.69, 9.17) is 5.73 Å². The fraction of sp³-hybridized carbons (Fsp3) is 0.800. The molecule has 0 aliphatic heterocycles. The molecule has 0 rings (SSSR count). The predicted octanol–water partition coefficient (Wildman–Crippen LogP) is 0.822. The predicted molar refractivity (Wildman–Crippen MR) is 63.3 cm³/mol. The Morgan fingerprint density at radius 1 is 1.43 bits per heavy atom. The third-order valence-corrected chi connectivity index (χ3v) is 1.66. The highest BCUT2D eigenvalue weighted by atomic mass is 15.0. The average Bonchev–Trinajstić information content (AvgIpc) is 2.10. The first kappa shape index (κ1) is 13.3. The summed E-state index contributed by atoms with van der Waals surface area (Å²) in [6, 6.07) is 0.315. The number of nitrogens with two attached hydrogens (primary N) is 1. The van der Waals surface area contributed by atoms with Gasteiger partial charge in [-0.1, -0.05) is 0 Å². The van der Waals surface area contributed by atoms with Gasteiger partial charge < -0.3 is 5.73 Å². The first-order valence-corrected chi connectivity index (χ1v) is 5.10. The van der Waals surface area contributed by atoms with E-state index < -0.39 is 0 Å². The molecule has 3 N–H and O–H groups in total. The highest BCUT2D eigenvalue weighted by Gasteiger charge is 2.03. The second-order valence-corrected chi connectivity index (χ2v) is 3.36. The van der Waals surface area contributed by atoms with Gasteiger partial charge in [0.1, 0.15) is 0 Å². The number of nitrogens with zero attached hydrogens (tertiary/aromatic N) is 2. The van der Waals surface area contributed by atoms with Crippen molar-refractivity contribution in [3.63, 3.8) is 0 Å². The maximum absolute atomic E-state index is 5.37. The van der Waals surface area contributed by atoms with Crippen molar-refractivity contribution in [2.45, 2.75) is 33.7 Å². The Kier molecular flexibility index (Phi) is 7.24. The van der Waals surface area contributed by atoms with Crippen molar-refractivity contribution in [2.24, 2.45) is 15.7 Å². The van der Waals surface area contributed by atoms with Crippen molar-refractivity contribution in [1.82, 2.24) is 5.32 Å². The van der Waals surface area contributed by atoms with Crippen LogP contribution in [0.1, 0.15) is 27.7 Å². The Hall–Kier alpha value is -0.740. The van der Waals surface area contributed by atoms with E-state index in [9.17, 15) is 0 Å². The fourth-order valence-corrected chi connectivity index (χ4v) is 1.14. The van der Waals surface area contributed by atoms with Crippen LogP contribution in [-0.4, -0.2) is 37.2 Å². The zero-order valence-electron chi connectivity index (χ0n) is 9.67. The van der Waals surface area contributed by atoms with Gasteiger partial charge in [0.05, 0.1) is 11.4 Å². The fourth-order valence-electron chi connectivity index (χ4n) is 1.14. The molecular formula is C10H22N4. The van der Waals surface area contributed by atoms with E-state index in [1.807, 2.05) is 13.8 Å². The average molecular weight is 198 g/mol. The number of aliphatic imine (C=N–C) groups is 2. The molecule has 0 spiro atoms. The minimum Gasteiger partial charge on any atom is -0.318 e. The van der Waals surface area contributed by atoms with Gasteiger partial charge in [0, 0.05) is 25.8 Å². The van der Waals surface area contributed by atoms with E-state index in [0.717, 1.165) is 18.0 Å². The van der Waals surface area contributed by atoms with Crippen molar-refractivity contribution >= 4 is 11.4 Å². The molecule has 0 aromatic carbocycles. The highest BCUT2D eigenvalue weighted by Crippen LogP contribution is 1.91. The molecule has 0 radical (unpaired) electrons. The molecule has 0 atom stereocenters. The molecule has 0 aliphatic carbocycles. The Morgan fingerprint density at radius 3 is 2.50 bits per heavy atom. The van der Waals surface area contributed by atoms with Crippen molar-refractivity contribution in [2.75, 3.05) is 19.8 Å². The van der Waals surface area contributed by atoms with Gasteiger partial charge in [0.2, 0.25) is 0 Å². The highest BCUT2D eigenvalue weighted by molar-refractivity contribution is 6.42. The zero-order valence-corrected chi connectivity index (χ0v) is 9.67. The minimum absolute atomic E-state index is 0.315.